The zero-order valence-corrected chi connectivity index (χ0v) is 17.7. The number of aliphatic hydroxyl groups is 4. The SMILES string of the molecule is CC1(C(c2ccccc2)C2CC2)C=CC=C2C1=CCN2[C@@H]1O[C@H](CO)[C@@H](O)[C@H](O)[C@H]1O. The Balaban J connectivity index is 1.46. The Bertz CT molecular complexity index is 906. The van der Waals surface area contributed by atoms with Crippen molar-refractivity contribution < 1.29 is 25.2 Å². The molecule has 0 bridgehead atoms. The summed E-state index contributed by atoms with van der Waals surface area (Å²) in [6.45, 7) is 2.40. The predicted octanol–water partition coefficient (Wildman–Crippen LogP) is 1.68. The first-order chi connectivity index (χ1) is 15.0. The van der Waals surface area contributed by atoms with Gasteiger partial charge in [-0.25, -0.2) is 0 Å². The fourth-order valence-electron chi connectivity index (χ4n) is 5.71. The summed E-state index contributed by atoms with van der Waals surface area (Å²) in [5.74, 6) is 0.994. The van der Waals surface area contributed by atoms with E-state index in [4.69, 9.17) is 4.74 Å². The van der Waals surface area contributed by atoms with Crippen LogP contribution in [0, 0.1) is 11.3 Å². The maximum Gasteiger partial charge on any atom is 0.159 e. The van der Waals surface area contributed by atoms with Crippen LogP contribution in [0.3, 0.4) is 0 Å². The molecule has 2 aliphatic carbocycles. The van der Waals surface area contributed by atoms with E-state index in [1.807, 2.05) is 17.0 Å². The lowest BCUT2D eigenvalue weighted by atomic mass is 9.64. The second-order valence-corrected chi connectivity index (χ2v) is 9.41. The van der Waals surface area contributed by atoms with Crippen LogP contribution in [-0.4, -0.2) is 69.1 Å². The number of allylic oxidation sites excluding steroid dienone is 4. The van der Waals surface area contributed by atoms with Crippen LogP contribution in [0.2, 0.25) is 0 Å². The molecule has 2 aliphatic heterocycles. The van der Waals surface area contributed by atoms with E-state index in [0.717, 1.165) is 5.70 Å². The molecule has 7 atom stereocenters. The van der Waals surface area contributed by atoms with E-state index in [9.17, 15) is 20.4 Å². The summed E-state index contributed by atoms with van der Waals surface area (Å²) in [7, 11) is 0. The van der Waals surface area contributed by atoms with Crippen LogP contribution in [-0.2, 0) is 4.74 Å². The van der Waals surface area contributed by atoms with Gasteiger partial charge in [-0.3, -0.25) is 0 Å². The van der Waals surface area contributed by atoms with Gasteiger partial charge in [0, 0.05) is 17.7 Å². The lowest BCUT2D eigenvalue weighted by Crippen LogP contribution is -2.62. The van der Waals surface area contributed by atoms with Gasteiger partial charge >= 0.3 is 0 Å². The summed E-state index contributed by atoms with van der Waals surface area (Å²) in [6, 6.07) is 10.7. The third-order valence-corrected chi connectivity index (χ3v) is 7.43. The quantitative estimate of drug-likeness (QED) is 0.574. The van der Waals surface area contributed by atoms with Crippen molar-refractivity contribution >= 4 is 0 Å². The van der Waals surface area contributed by atoms with Crippen molar-refractivity contribution in [2.45, 2.75) is 56.3 Å². The van der Waals surface area contributed by atoms with Gasteiger partial charge in [0.2, 0.25) is 0 Å². The summed E-state index contributed by atoms with van der Waals surface area (Å²) in [5.41, 5.74) is 3.31. The van der Waals surface area contributed by atoms with Crippen molar-refractivity contribution in [1.29, 1.82) is 0 Å². The van der Waals surface area contributed by atoms with E-state index in [0.29, 0.717) is 18.4 Å². The van der Waals surface area contributed by atoms with Crippen LogP contribution in [0.4, 0.5) is 0 Å². The van der Waals surface area contributed by atoms with Crippen molar-refractivity contribution in [2.24, 2.45) is 11.3 Å². The van der Waals surface area contributed by atoms with Crippen molar-refractivity contribution in [3.05, 3.63) is 71.5 Å². The molecule has 1 saturated heterocycles. The van der Waals surface area contributed by atoms with Crippen molar-refractivity contribution in [3.63, 3.8) is 0 Å². The summed E-state index contributed by atoms with van der Waals surface area (Å²) in [5, 5.41) is 40.7. The first kappa shape index (κ1) is 20.9. The Morgan fingerprint density at radius 2 is 1.84 bits per heavy atom. The number of nitrogens with zero attached hydrogens (tertiary/aromatic N) is 1. The molecule has 2 unspecified atom stereocenters. The summed E-state index contributed by atoms with van der Waals surface area (Å²) in [6.07, 6.45) is 5.26. The number of fused-ring (bicyclic) bond motifs is 1. The molecule has 2 heterocycles. The highest BCUT2D eigenvalue weighted by Crippen LogP contribution is 2.58. The Morgan fingerprint density at radius 1 is 1.10 bits per heavy atom. The fraction of sp³-hybridized carbons (Fsp3) is 0.520. The van der Waals surface area contributed by atoms with Gasteiger partial charge in [-0.1, -0.05) is 55.5 Å². The third-order valence-electron chi connectivity index (χ3n) is 7.43. The molecule has 0 aromatic heterocycles. The minimum Gasteiger partial charge on any atom is -0.394 e. The van der Waals surface area contributed by atoms with Gasteiger partial charge in [0.1, 0.15) is 24.4 Å². The molecular formula is C25H31NO5. The Labute approximate surface area is 182 Å². The van der Waals surface area contributed by atoms with Crippen molar-refractivity contribution in [1.82, 2.24) is 4.90 Å². The number of hydrogen-bond acceptors (Lipinski definition) is 6. The van der Waals surface area contributed by atoms with E-state index >= 15 is 0 Å². The highest BCUT2D eigenvalue weighted by molar-refractivity contribution is 5.51. The monoisotopic (exact) mass is 425 g/mol. The predicted molar refractivity (Wildman–Crippen MR) is 116 cm³/mol. The second kappa shape index (κ2) is 7.87. The molecule has 1 aromatic carbocycles. The lowest BCUT2D eigenvalue weighted by Gasteiger charge is -2.46. The molecule has 0 radical (unpaired) electrons. The molecule has 4 N–H and O–H groups in total. The zero-order chi connectivity index (χ0) is 21.8. The number of rotatable bonds is 5. The topological polar surface area (TPSA) is 93.4 Å². The normalized spacial score (nSPS) is 38.5. The second-order valence-electron chi connectivity index (χ2n) is 9.41. The number of aliphatic hydroxyl groups excluding tert-OH is 4. The van der Waals surface area contributed by atoms with Gasteiger partial charge in [0.15, 0.2) is 6.23 Å². The van der Waals surface area contributed by atoms with Gasteiger partial charge in [0.05, 0.1) is 6.61 Å². The molecule has 1 aromatic rings. The Morgan fingerprint density at radius 3 is 2.52 bits per heavy atom. The molecular weight excluding hydrogens is 394 g/mol. The first-order valence-corrected chi connectivity index (χ1v) is 11.2. The first-order valence-electron chi connectivity index (χ1n) is 11.2. The molecule has 31 heavy (non-hydrogen) atoms. The van der Waals surface area contributed by atoms with Gasteiger partial charge < -0.3 is 30.1 Å². The van der Waals surface area contributed by atoms with Gasteiger partial charge in [-0.15, -0.1) is 0 Å². The molecule has 6 nitrogen and oxygen atoms in total. The Kier molecular flexibility index (Phi) is 5.31. The van der Waals surface area contributed by atoms with Gasteiger partial charge in [-0.05, 0) is 41.9 Å². The summed E-state index contributed by atoms with van der Waals surface area (Å²) in [4.78, 5) is 1.94. The largest absolute Gasteiger partial charge is 0.394 e. The maximum atomic E-state index is 10.7. The van der Waals surface area contributed by atoms with Crippen LogP contribution in [0.25, 0.3) is 0 Å². The standard InChI is InChI=1S/C25H31NO5/c1-25(20(16-9-10-16)15-6-3-2-4-7-15)12-5-8-18-17(25)11-13-26(18)24-23(30)22(29)21(28)19(14-27)31-24/h2-8,11-12,16,19-24,27-30H,9-10,13-14H2,1H3/t19-,20?,21-,22+,23-,24-,25?/m1/s1. The molecule has 2 fully saturated rings. The average molecular weight is 426 g/mol. The average Bonchev–Trinajstić information content (AvgIpc) is 3.51. The van der Waals surface area contributed by atoms with E-state index in [2.05, 4.69) is 49.4 Å². The van der Waals surface area contributed by atoms with E-state index in [-0.39, 0.29) is 5.41 Å². The smallest absolute Gasteiger partial charge is 0.159 e. The Hall–Kier alpha value is -1.96. The molecule has 1 saturated carbocycles. The van der Waals surface area contributed by atoms with E-state index in [1.165, 1.54) is 24.0 Å². The van der Waals surface area contributed by atoms with Crippen LogP contribution in [0.1, 0.15) is 31.2 Å². The van der Waals surface area contributed by atoms with E-state index < -0.39 is 37.3 Å². The molecule has 0 amide bonds. The fourth-order valence-corrected chi connectivity index (χ4v) is 5.71. The van der Waals surface area contributed by atoms with Crippen molar-refractivity contribution in [3.8, 4) is 0 Å². The molecule has 5 rings (SSSR count). The van der Waals surface area contributed by atoms with Crippen LogP contribution >= 0.6 is 0 Å². The van der Waals surface area contributed by atoms with Crippen LogP contribution in [0.5, 0.6) is 0 Å². The van der Waals surface area contributed by atoms with Crippen LogP contribution in [0.15, 0.2) is 65.9 Å². The van der Waals surface area contributed by atoms with E-state index in [1.54, 1.807) is 0 Å². The van der Waals surface area contributed by atoms with Gasteiger partial charge in [0.25, 0.3) is 0 Å². The highest BCUT2D eigenvalue weighted by Gasteiger charge is 2.51. The number of hydrogen-bond donors (Lipinski definition) is 4. The summed E-state index contributed by atoms with van der Waals surface area (Å²) < 4.78 is 5.85. The molecule has 6 heteroatoms. The zero-order valence-electron chi connectivity index (χ0n) is 17.7. The minimum absolute atomic E-state index is 0.199. The maximum absolute atomic E-state index is 10.7. The summed E-state index contributed by atoms with van der Waals surface area (Å²) >= 11 is 0. The van der Waals surface area contributed by atoms with Crippen LogP contribution < -0.4 is 0 Å². The molecule has 0 spiro atoms. The lowest BCUT2D eigenvalue weighted by molar-refractivity contribution is -0.258. The van der Waals surface area contributed by atoms with Gasteiger partial charge in [-0.2, -0.15) is 0 Å². The number of benzene rings is 1. The minimum atomic E-state index is -1.38. The van der Waals surface area contributed by atoms with Crippen molar-refractivity contribution in [2.75, 3.05) is 13.2 Å². The molecule has 166 valence electrons. The molecule has 4 aliphatic rings. The highest BCUT2D eigenvalue weighted by atomic mass is 16.6. The number of ether oxygens (including phenoxy) is 1. The third kappa shape index (κ3) is 3.38.